The lowest BCUT2D eigenvalue weighted by atomic mass is 10.1. The average Bonchev–Trinajstić information content (AvgIpc) is 2.76. The van der Waals surface area contributed by atoms with Crippen LogP contribution in [0.2, 0.25) is 0 Å². The van der Waals surface area contributed by atoms with E-state index in [2.05, 4.69) is 0 Å². The van der Waals surface area contributed by atoms with Crippen molar-refractivity contribution in [3.63, 3.8) is 0 Å². The number of hydrogen-bond donors (Lipinski definition) is 1. The van der Waals surface area contributed by atoms with Crippen molar-refractivity contribution in [2.75, 3.05) is 36.9 Å². The van der Waals surface area contributed by atoms with Gasteiger partial charge in [0.2, 0.25) is 0 Å². The number of benzene rings is 2. The third-order valence-corrected chi connectivity index (χ3v) is 5.15. The molecule has 1 aliphatic heterocycles. The molecule has 0 saturated carbocycles. The number of carbonyl (C=O) groups is 1. The molecule has 1 fully saturated rings. The van der Waals surface area contributed by atoms with Gasteiger partial charge in [0.15, 0.2) is 0 Å². The predicted molar refractivity (Wildman–Crippen MR) is 110 cm³/mol. The molecule has 2 heterocycles. The minimum absolute atomic E-state index is 0.0815. The SMILES string of the molecule is Nn1c(=O)c([N+](=O)[O-])c(N2CCN(C(=O)c3ccccc3)CC2)c2ccccc21. The summed E-state index contributed by atoms with van der Waals surface area (Å²) in [6.45, 7) is 1.53. The molecule has 0 aliphatic carbocycles. The van der Waals surface area contributed by atoms with Crippen LogP contribution in [0.3, 0.4) is 0 Å². The number of aromatic nitrogens is 1. The van der Waals surface area contributed by atoms with E-state index < -0.39 is 16.2 Å². The highest BCUT2D eigenvalue weighted by Gasteiger charge is 2.31. The Bertz CT molecular complexity index is 1150. The maximum atomic E-state index is 12.7. The van der Waals surface area contributed by atoms with E-state index in [1.165, 1.54) is 0 Å². The summed E-state index contributed by atoms with van der Waals surface area (Å²) in [7, 11) is 0. The first kappa shape index (κ1) is 18.5. The van der Waals surface area contributed by atoms with Gasteiger partial charge in [0, 0.05) is 37.1 Å². The smallest absolute Gasteiger partial charge is 0.359 e. The first-order valence-corrected chi connectivity index (χ1v) is 9.15. The number of fused-ring (bicyclic) bond motifs is 1. The molecular weight excluding hydrogens is 374 g/mol. The molecule has 1 saturated heterocycles. The number of nitrogens with zero attached hydrogens (tertiary/aromatic N) is 4. The van der Waals surface area contributed by atoms with Crippen molar-refractivity contribution in [2.24, 2.45) is 0 Å². The summed E-state index contributed by atoms with van der Waals surface area (Å²) in [6.07, 6.45) is 0. The molecule has 0 radical (unpaired) electrons. The Kier molecular flexibility index (Phi) is 4.63. The fourth-order valence-corrected chi connectivity index (χ4v) is 3.72. The minimum atomic E-state index is -0.855. The highest BCUT2D eigenvalue weighted by Crippen LogP contribution is 2.33. The maximum Gasteiger partial charge on any atom is 0.359 e. The first-order valence-electron chi connectivity index (χ1n) is 9.15. The number of nitro groups is 1. The zero-order valence-electron chi connectivity index (χ0n) is 15.5. The van der Waals surface area contributed by atoms with Crippen molar-refractivity contribution in [3.05, 3.63) is 80.6 Å². The summed E-state index contributed by atoms with van der Waals surface area (Å²) >= 11 is 0. The van der Waals surface area contributed by atoms with Gasteiger partial charge in [-0.3, -0.25) is 19.7 Å². The molecule has 0 unspecified atom stereocenters. The maximum absolute atomic E-state index is 12.7. The van der Waals surface area contributed by atoms with Gasteiger partial charge in [0.25, 0.3) is 5.91 Å². The van der Waals surface area contributed by atoms with Crippen molar-refractivity contribution in [1.82, 2.24) is 9.58 Å². The van der Waals surface area contributed by atoms with Crippen molar-refractivity contribution in [1.29, 1.82) is 0 Å². The Morgan fingerprint density at radius 3 is 2.24 bits per heavy atom. The Morgan fingerprint density at radius 2 is 1.59 bits per heavy atom. The molecular formula is C20H19N5O4. The highest BCUT2D eigenvalue weighted by molar-refractivity contribution is 5.97. The number of hydrogen-bond acceptors (Lipinski definition) is 6. The van der Waals surface area contributed by atoms with Crippen LogP contribution in [0.15, 0.2) is 59.4 Å². The lowest BCUT2D eigenvalue weighted by molar-refractivity contribution is -0.385. The van der Waals surface area contributed by atoms with Gasteiger partial charge in [0.05, 0.1) is 10.4 Å². The molecule has 0 spiro atoms. The monoisotopic (exact) mass is 393 g/mol. The van der Waals surface area contributed by atoms with E-state index in [0.29, 0.717) is 42.6 Å². The van der Waals surface area contributed by atoms with Gasteiger partial charge in [-0.25, -0.2) is 4.68 Å². The molecule has 2 aromatic carbocycles. The fourth-order valence-electron chi connectivity index (χ4n) is 3.72. The predicted octanol–water partition coefficient (Wildman–Crippen LogP) is 1.59. The van der Waals surface area contributed by atoms with E-state index >= 15 is 0 Å². The van der Waals surface area contributed by atoms with Gasteiger partial charge in [-0.2, -0.15) is 0 Å². The minimum Gasteiger partial charge on any atom is -0.362 e. The molecule has 29 heavy (non-hydrogen) atoms. The van der Waals surface area contributed by atoms with E-state index in [1.54, 1.807) is 58.3 Å². The molecule has 4 rings (SSSR count). The number of anilines is 1. The molecule has 3 aromatic rings. The summed E-state index contributed by atoms with van der Waals surface area (Å²) in [6, 6.07) is 15.8. The number of amides is 1. The largest absolute Gasteiger partial charge is 0.362 e. The molecule has 0 atom stereocenters. The third-order valence-electron chi connectivity index (χ3n) is 5.15. The molecule has 0 bridgehead atoms. The lowest BCUT2D eigenvalue weighted by Gasteiger charge is -2.36. The zero-order chi connectivity index (χ0) is 20.5. The van der Waals surface area contributed by atoms with Crippen LogP contribution in [0.5, 0.6) is 0 Å². The quantitative estimate of drug-likeness (QED) is 0.410. The van der Waals surface area contributed by atoms with E-state index in [4.69, 9.17) is 5.84 Å². The van der Waals surface area contributed by atoms with E-state index in [0.717, 1.165) is 4.68 Å². The van der Waals surface area contributed by atoms with Crippen LogP contribution in [0.1, 0.15) is 10.4 Å². The number of nitrogen functional groups attached to an aromatic ring is 1. The van der Waals surface area contributed by atoms with Gasteiger partial charge >= 0.3 is 11.2 Å². The Morgan fingerprint density at radius 1 is 0.966 bits per heavy atom. The standard InChI is InChI=1S/C20H19N5O4/c21-24-16-9-5-4-8-15(16)17(18(20(24)27)25(28)29)22-10-12-23(13-11-22)19(26)14-6-2-1-3-7-14/h1-9H,10-13,21H2. The summed E-state index contributed by atoms with van der Waals surface area (Å²) in [4.78, 5) is 39.7. The van der Waals surface area contributed by atoms with Crippen molar-refractivity contribution >= 4 is 28.2 Å². The normalized spacial score (nSPS) is 14.2. The number of carbonyl (C=O) groups excluding carboxylic acids is 1. The Hall–Kier alpha value is -3.88. The number of rotatable bonds is 3. The van der Waals surface area contributed by atoms with Crippen molar-refractivity contribution in [3.8, 4) is 0 Å². The topological polar surface area (TPSA) is 115 Å². The van der Waals surface area contributed by atoms with Crippen LogP contribution >= 0.6 is 0 Å². The highest BCUT2D eigenvalue weighted by atomic mass is 16.6. The molecule has 1 amide bonds. The van der Waals surface area contributed by atoms with Gasteiger partial charge in [-0.15, -0.1) is 0 Å². The van der Waals surface area contributed by atoms with Crippen LogP contribution in [0, 0.1) is 10.1 Å². The summed E-state index contributed by atoms with van der Waals surface area (Å²) < 4.78 is 0.812. The number of piperazine rings is 1. The van der Waals surface area contributed by atoms with Crippen LogP contribution in [-0.2, 0) is 0 Å². The molecule has 1 aliphatic rings. The summed E-state index contributed by atoms with van der Waals surface area (Å²) in [5, 5.41) is 12.2. The molecule has 9 heteroatoms. The van der Waals surface area contributed by atoms with Crippen LogP contribution in [0.4, 0.5) is 11.4 Å². The summed E-state index contributed by atoms with van der Waals surface area (Å²) in [5.74, 6) is 5.73. The van der Waals surface area contributed by atoms with Crippen molar-refractivity contribution < 1.29 is 9.72 Å². The molecule has 148 valence electrons. The van der Waals surface area contributed by atoms with Crippen LogP contribution in [0.25, 0.3) is 10.9 Å². The number of pyridine rings is 1. The van der Waals surface area contributed by atoms with Gasteiger partial charge in [-0.05, 0) is 18.2 Å². The van der Waals surface area contributed by atoms with Crippen LogP contribution in [-0.4, -0.2) is 46.6 Å². The molecule has 1 aromatic heterocycles. The van der Waals surface area contributed by atoms with Crippen molar-refractivity contribution in [2.45, 2.75) is 0 Å². The number of nitrogens with two attached hydrogens (primary N) is 1. The van der Waals surface area contributed by atoms with E-state index in [1.807, 2.05) is 6.07 Å². The Labute approximate surface area is 165 Å². The Balaban J connectivity index is 1.69. The average molecular weight is 393 g/mol. The van der Waals surface area contributed by atoms with E-state index in [9.17, 15) is 19.7 Å². The first-order chi connectivity index (χ1) is 14.0. The zero-order valence-corrected chi connectivity index (χ0v) is 15.5. The van der Waals surface area contributed by atoms with Gasteiger partial charge in [0.1, 0.15) is 5.69 Å². The summed E-state index contributed by atoms with van der Waals surface area (Å²) in [5.41, 5.74) is -0.131. The second kappa shape index (κ2) is 7.27. The second-order valence-corrected chi connectivity index (χ2v) is 6.79. The molecule has 2 N–H and O–H groups in total. The number of para-hydroxylation sites is 1. The lowest BCUT2D eigenvalue weighted by Crippen LogP contribution is -2.49. The van der Waals surface area contributed by atoms with Crippen LogP contribution < -0.4 is 16.3 Å². The van der Waals surface area contributed by atoms with Gasteiger partial charge in [-0.1, -0.05) is 36.4 Å². The fraction of sp³-hybridized carbons (Fsp3) is 0.200. The molecule has 9 nitrogen and oxygen atoms in total. The third kappa shape index (κ3) is 3.16. The second-order valence-electron chi connectivity index (χ2n) is 6.79. The van der Waals surface area contributed by atoms with Gasteiger partial charge < -0.3 is 15.6 Å². The van der Waals surface area contributed by atoms with E-state index in [-0.39, 0.29) is 11.6 Å².